The summed E-state index contributed by atoms with van der Waals surface area (Å²) in [6, 6.07) is 18.5. The molecule has 0 aliphatic carbocycles. The van der Waals surface area contributed by atoms with Crippen molar-refractivity contribution < 1.29 is 0 Å². The highest BCUT2D eigenvalue weighted by atomic mass is 15.0. The highest BCUT2D eigenvalue weighted by molar-refractivity contribution is 5.42. The minimum absolute atomic E-state index is 0.00891. The number of nitrogens with one attached hydrogen (secondary N) is 1. The van der Waals surface area contributed by atoms with Crippen LogP contribution in [0.15, 0.2) is 48.5 Å². The third-order valence-electron chi connectivity index (χ3n) is 5.30. The molecule has 1 fully saturated rings. The Hall–Kier alpha value is -1.60. The second kappa shape index (κ2) is 6.49. The molecule has 122 valence electrons. The maximum absolute atomic E-state index is 3.80. The fraction of sp³-hybridized carbons (Fsp3) is 0.455. The zero-order valence-electron chi connectivity index (χ0n) is 14.9. The Labute approximate surface area is 141 Å². The molecule has 1 saturated heterocycles. The lowest BCUT2D eigenvalue weighted by Gasteiger charge is -2.31. The fourth-order valence-corrected chi connectivity index (χ4v) is 3.71. The van der Waals surface area contributed by atoms with E-state index in [9.17, 15) is 0 Å². The van der Waals surface area contributed by atoms with Gasteiger partial charge in [-0.15, -0.1) is 0 Å². The van der Waals surface area contributed by atoms with E-state index in [1.54, 1.807) is 0 Å². The average Bonchev–Trinajstić information content (AvgIpc) is 3.06. The molecule has 2 aromatic rings. The summed E-state index contributed by atoms with van der Waals surface area (Å²) >= 11 is 0. The predicted molar refractivity (Wildman–Crippen MR) is 99.1 cm³/mol. The van der Waals surface area contributed by atoms with Gasteiger partial charge in [0.2, 0.25) is 0 Å². The van der Waals surface area contributed by atoms with E-state index in [0.717, 1.165) is 6.54 Å². The number of rotatable bonds is 4. The fourth-order valence-electron chi connectivity index (χ4n) is 3.71. The quantitative estimate of drug-likeness (QED) is 0.779. The van der Waals surface area contributed by atoms with Crippen molar-refractivity contribution in [1.82, 2.24) is 5.32 Å². The molecule has 1 heterocycles. The van der Waals surface area contributed by atoms with Crippen LogP contribution in [0, 0.1) is 0 Å². The number of benzene rings is 2. The summed E-state index contributed by atoms with van der Waals surface area (Å²) in [5.41, 5.74) is 5.62. The van der Waals surface area contributed by atoms with Gasteiger partial charge >= 0.3 is 0 Å². The maximum Gasteiger partial charge on any atom is 0.0691 e. The lowest BCUT2D eigenvalue weighted by Crippen LogP contribution is -2.37. The summed E-state index contributed by atoms with van der Waals surface area (Å²) in [7, 11) is 0. The second-order valence-corrected chi connectivity index (χ2v) is 7.49. The van der Waals surface area contributed by atoms with Gasteiger partial charge in [-0.05, 0) is 53.5 Å². The van der Waals surface area contributed by atoms with Gasteiger partial charge in [0, 0.05) is 0 Å². The molecule has 0 unspecified atom stereocenters. The molecular formula is C22H29N. The van der Waals surface area contributed by atoms with Crippen LogP contribution in [0.2, 0.25) is 0 Å². The number of hydrogen-bond donors (Lipinski definition) is 1. The van der Waals surface area contributed by atoms with Gasteiger partial charge in [0.15, 0.2) is 0 Å². The second-order valence-electron chi connectivity index (χ2n) is 7.49. The third-order valence-corrected chi connectivity index (χ3v) is 5.30. The Kier molecular flexibility index (Phi) is 4.59. The third kappa shape index (κ3) is 3.07. The van der Waals surface area contributed by atoms with Gasteiger partial charge in [-0.1, -0.05) is 76.2 Å². The molecule has 0 spiro atoms. The van der Waals surface area contributed by atoms with Crippen molar-refractivity contribution in [3.63, 3.8) is 0 Å². The van der Waals surface area contributed by atoms with Gasteiger partial charge in [-0.2, -0.15) is 0 Å². The molecule has 0 atom stereocenters. The van der Waals surface area contributed by atoms with E-state index < -0.39 is 0 Å². The van der Waals surface area contributed by atoms with Crippen molar-refractivity contribution in [3.05, 3.63) is 70.8 Å². The zero-order valence-corrected chi connectivity index (χ0v) is 14.9. The first-order chi connectivity index (χ1) is 11.0. The van der Waals surface area contributed by atoms with Crippen molar-refractivity contribution in [2.75, 3.05) is 6.54 Å². The molecular weight excluding hydrogens is 278 g/mol. The van der Waals surface area contributed by atoms with E-state index in [1.807, 2.05) is 0 Å². The molecule has 1 aliphatic rings. The zero-order chi connectivity index (χ0) is 16.4. The monoisotopic (exact) mass is 307 g/mol. The first kappa shape index (κ1) is 16.3. The molecule has 1 N–H and O–H groups in total. The SMILES string of the molecule is CC(C)c1ccc(C2(c3ccc(C(C)C)cc3)CCCN2)cc1. The van der Waals surface area contributed by atoms with Crippen LogP contribution >= 0.6 is 0 Å². The van der Waals surface area contributed by atoms with E-state index in [1.165, 1.54) is 35.1 Å². The first-order valence-corrected chi connectivity index (χ1v) is 8.99. The van der Waals surface area contributed by atoms with Crippen LogP contribution in [0.1, 0.15) is 74.6 Å². The maximum atomic E-state index is 3.80. The topological polar surface area (TPSA) is 12.0 Å². The van der Waals surface area contributed by atoms with Gasteiger partial charge in [-0.25, -0.2) is 0 Å². The van der Waals surface area contributed by atoms with Crippen molar-refractivity contribution in [2.24, 2.45) is 0 Å². The van der Waals surface area contributed by atoms with Crippen molar-refractivity contribution in [3.8, 4) is 0 Å². The summed E-state index contributed by atoms with van der Waals surface area (Å²) in [6.45, 7) is 10.1. The molecule has 1 aliphatic heterocycles. The summed E-state index contributed by atoms with van der Waals surface area (Å²) in [6.07, 6.45) is 2.41. The molecule has 0 bridgehead atoms. The van der Waals surface area contributed by atoms with Crippen LogP contribution in [-0.2, 0) is 5.54 Å². The molecule has 0 saturated carbocycles. The van der Waals surface area contributed by atoms with Gasteiger partial charge in [0.05, 0.1) is 5.54 Å². The average molecular weight is 307 g/mol. The van der Waals surface area contributed by atoms with Crippen molar-refractivity contribution in [1.29, 1.82) is 0 Å². The summed E-state index contributed by atoms with van der Waals surface area (Å²) in [5.74, 6) is 1.17. The van der Waals surface area contributed by atoms with E-state index in [-0.39, 0.29) is 5.54 Å². The van der Waals surface area contributed by atoms with E-state index in [2.05, 4.69) is 81.5 Å². The minimum Gasteiger partial charge on any atom is -0.304 e. The van der Waals surface area contributed by atoms with E-state index in [4.69, 9.17) is 0 Å². The molecule has 3 rings (SSSR count). The standard InChI is InChI=1S/C22H29N/c1-16(2)18-6-10-20(11-7-18)22(14-5-15-23-22)21-12-8-19(9-13-21)17(3)4/h6-13,16-17,23H,5,14-15H2,1-4H3. The molecule has 1 heteroatoms. The molecule has 0 radical (unpaired) electrons. The Bertz CT molecular complexity index is 575. The van der Waals surface area contributed by atoms with Crippen LogP contribution < -0.4 is 5.32 Å². The summed E-state index contributed by atoms with van der Waals surface area (Å²) in [4.78, 5) is 0. The molecule has 0 aromatic heterocycles. The largest absolute Gasteiger partial charge is 0.304 e. The Morgan fingerprint density at radius 1 is 0.739 bits per heavy atom. The Morgan fingerprint density at radius 2 is 1.17 bits per heavy atom. The van der Waals surface area contributed by atoms with Crippen LogP contribution in [0.3, 0.4) is 0 Å². The van der Waals surface area contributed by atoms with E-state index in [0.29, 0.717) is 11.8 Å². The van der Waals surface area contributed by atoms with Crippen LogP contribution in [-0.4, -0.2) is 6.54 Å². The van der Waals surface area contributed by atoms with Gasteiger partial charge < -0.3 is 5.32 Å². The van der Waals surface area contributed by atoms with Gasteiger partial charge in [0.1, 0.15) is 0 Å². The molecule has 1 nitrogen and oxygen atoms in total. The van der Waals surface area contributed by atoms with Gasteiger partial charge in [-0.3, -0.25) is 0 Å². The minimum atomic E-state index is -0.00891. The molecule has 0 amide bonds. The highest BCUT2D eigenvalue weighted by Crippen LogP contribution is 2.38. The lowest BCUT2D eigenvalue weighted by molar-refractivity contribution is 0.475. The number of hydrogen-bond acceptors (Lipinski definition) is 1. The molecule has 23 heavy (non-hydrogen) atoms. The predicted octanol–water partition coefficient (Wildman–Crippen LogP) is 5.56. The van der Waals surface area contributed by atoms with Crippen LogP contribution in [0.5, 0.6) is 0 Å². The van der Waals surface area contributed by atoms with Gasteiger partial charge in [0.25, 0.3) is 0 Å². The summed E-state index contributed by atoms with van der Waals surface area (Å²) < 4.78 is 0. The van der Waals surface area contributed by atoms with Crippen molar-refractivity contribution >= 4 is 0 Å². The van der Waals surface area contributed by atoms with E-state index >= 15 is 0 Å². The molecule has 2 aromatic carbocycles. The highest BCUT2D eigenvalue weighted by Gasteiger charge is 2.36. The van der Waals surface area contributed by atoms with Crippen LogP contribution in [0.4, 0.5) is 0 Å². The summed E-state index contributed by atoms with van der Waals surface area (Å²) in [5, 5.41) is 3.80. The Balaban J connectivity index is 1.99. The van der Waals surface area contributed by atoms with Crippen molar-refractivity contribution in [2.45, 2.75) is 57.9 Å². The normalized spacial score (nSPS) is 17.1. The lowest BCUT2D eigenvalue weighted by atomic mass is 9.80. The Morgan fingerprint density at radius 3 is 1.48 bits per heavy atom. The first-order valence-electron chi connectivity index (χ1n) is 8.99. The smallest absolute Gasteiger partial charge is 0.0691 e. The van der Waals surface area contributed by atoms with Crippen LogP contribution in [0.25, 0.3) is 0 Å².